The molecule has 1 heterocycles. The van der Waals surface area contributed by atoms with E-state index in [2.05, 4.69) is 4.98 Å². The molecule has 20 heavy (non-hydrogen) atoms. The number of sulfonamides is 1. The van der Waals surface area contributed by atoms with Gasteiger partial charge in [-0.05, 0) is 6.07 Å². The molecule has 0 aliphatic carbocycles. The van der Waals surface area contributed by atoms with E-state index < -0.39 is 33.2 Å². The number of pyridine rings is 1. The van der Waals surface area contributed by atoms with Crippen LogP contribution in [0.4, 0.5) is 24.5 Å². The molecule has 0 spiro atoms. The summed E-state index contributed by atoms with van der Waals surface area (Å²) in [4.78, 5) is 3.24. The van der Waals surface area contributed by atoms with Gasteiger partial charge in [0.15, 0.2) is 17.5 Å². The first kappa shape index (κ1) is 14.1. The van der Waals surface area contributed by atoms with Crippen LogP contribution in [-0.4, -0.2) is 13.4 Å². The van der Waals surface area contributed by atoms with Crippen LogP contribution in [0.15, 0.2) is 35.5 Å². The topological polar surface area (TPSA) is 85.1 Å². The van der Waals surface area contributed by atoms with Gasteiger partial charge in [0.2, 0.25) is 0 Å². The summed E-state index contributed by atoms with van der Waals surface area (Å²) in [7, 11) is -4.18. The Labute approximate surface area is 112 Å². The fourth-order valence-electron chi connectivity index (χ4n) is 1.44. The molecule has 0 saturated carbocycles. The van der Waals surface area contributed by atoms with Crippen molar-refractivity contribution in [2.45, 2.75) is 4.90 Å². The zero-order valence-corrected chi connectivity index (χ0v) is 10.6. The molecular formula is C11H8F3N3O2S. The third-order valence-electron chi connectivity index (χ3n) is 2.34. The number of nitrogen functional groups attached to an aromatic ring is 1. The first-order valence-corrected chi connectivity index (χ1v) is 6.66. The molecular weight excluding hydrogens is 295 g/mol. The maximum Gasteiger partial charge on any atom is 0.265 e. The van der Waals surface area contributed by atoms with Crippen LogP contribution in [0.3, 0.4) is 0 Å². The summed E-state index contributed by atoms with van der Waals surface area (Å²) >= 11 is 0. The van der Waals surface area contributed by atoms with Crippen LogP contribution in [0.1, 0.15) is 0 Å². The third-order valence-corrected chi connectivity index (χ3v) is 3.77. The Hall–Kier alpha value is -2.29. The molecule has 0 saturated heterocycles. The third kappa shape index (κ3) is 2.67. The lowest BCUT2D eigenvalue weighted by Gasteiger charge is -2.10. The summed E-state index contributed by atoms with van der Waals surface area (Å²) in [5.41, 5.74) is 4.92. The van der Waals surface area contributed by atoms with Crippen LogP contribution < -0.4 is 10.5 Å². The van der Waals surface area contributed by atoms with Crippen molar-refractivity contribution in [3.05, 3.63) is 48.0 Å². The van der Waals surface area contributed by atoms with E-state index in [1.54, 1.807) is 0 Å². The highest BCUT2D eigenvalue weighted by Gasteiger charge is 2.19. The Kier molecular flexibility index (Phi) is 3.53. The first-order chi connectivity index (χ1) is 9.31. The summed E-state index contributed by atoms with van der Waals surface area (Å²) in [6.07, 6.45) is 2.26. The van der Waals surface area contributed by atoms with Crippen molar-refractivity contribution in [2.24, 2.45) is 0 Å². The molecule has 106 valence electrons. The Balaban J connectivity index is 2.42. The van der Waals surface area contributed by atoms with E-state index in [-0.39, 0.29) is 10.6 Å². The monoisotopic (exact) mass is 303 g/mol. The number of halogens is 3. The number of aromatic nitrogens is 1. The second-order valence-electron chi connectivity index (χ2n) is 3.77. The Morgan fingerprint density at radius 1 is 1.15 bits per heavy atom. The Morgan fingerprint density at radius 3 is 2.30 bits per heavy atom. The van der Waals surface area contributed by atoms with Crippen molar-refractivity contribution in [1.82, 2.24) is 4.98 Å². The second kappa shape index (κ2) is 5.00. The van der Waals surface area contributed by atoms with Crippen molar-refractivity contribution in [1.29, 1.82) is 0 Å². The zero-order valence-electron chi connectivity index (χ0n) is 9.77. The molecule has 0 unspecified atom stereocenters. The molecule has 0 atom stereocenters. The lowest BCUT2D eigenvalue weighted by atomic mass is 10.3. The van der Waals surface area contributed by atoms with Crippen molar-refractivity contribution in [3.63, 3.8) is 0 Å². The van der Waals surface area contributed by atoms with Gasteiger partial charge in [-0.25, -0.2) is 21.6 Å². The number of hydrogen-bond acceptors (Lipinski definition) is 4. The Bertz CT molecular complexity index is 742. The molecule has 0 aliphatic heterocycles. The SMILES string of the molecule is Nc1ccncc1S(=O)(=O)Nc1cc(F)c(F)c(F)c1. The molecule has 0 amide bonds. The zero-order chi connectivity index (χ0) is 14.9. The summed E-state index contributed by atoms with van der Waals surface area (Å²) in [5, 5.41) is 0. The molecule has 1 aromatic carbocycles. The molecule has 0 radical (unpaired) electrons. The van der Waals surface area contributed by atoms with Gasteiger partial charge in [-0.2, -0.15) is 0 Å². The fraction of sp³-hybridized carbons (Fsp3) is 0. The minimum atomic E-state index is -4.18. The maximum absolute atomic E-state index is 13.0. The van der Waals surface area contributed by atoms with E-state index in [0.717, 1.165) is 6.20 Å². The van der Waals surface area contributed by atoms with Crippen LogP contribution in [0.5, 0.6) is 0 Å². The standard InChI is InChI=1S/C11H8F3N3O2S/c12-7-3-6(4-8(13)11(7)14)17-20(18,19)10-5-16-2-1-9(10)15/h1-5,17H,(H2,15,16). The van der Waals surface area contributed by atoms with E-state index in [0.29, 0.717) is 12.1 Å². The minimum Gasteiger partial charge on any atom is -0.398 e. The van der Waals surface area contributed by atoms with Gasteiger partial charge in [-0.1, -0.05) is 0 Å². The molecule has 2 aromatic rings. The quantitative estimate of drug-likeness (QED) is 0.848. The van der Waals surface area contributed by atoms with Gasteiger partial charge in [0.05, 0.1) is 11.4 Å². The molecule has 0 aliphatic rings. The van der Waals surface area contributed by atoms with Gasteiger partial charge >= 0.3 is 0 Å². The molecule has 0 bridgehead atoms. The highest BCUT2D eigenvalue weighted by molar-refractivity contribution is 7.92. The minimum absolute atomic E-state index is 0.0874. The lowest BCUT2D eigenvalue weighted by molar-refractivity contribution is 0.448. The second-order valence-corrected chi connectivity index (χ2v) is 5.42. The predicted octanol–water partition coefficient (Wildman–Crippen LogP) is 1.88. The molecule has 9 heteroatoms. The van der Waals surface area contributed by atoms with Gasteiger partial charge in [0, 0.05) is 24.5 Å². The van der Waals surface area contributed by atoms with Crippen molar-refractivity contribution < 1.29 is 21.6 Å². The average molecular weight is 303 g/mol. The molecule has 3 N–H and O–H groups in total. The van der Waals surface area contributed by atoms with Crippen molar-refractivity contribution >= 4 is 21.4 Å². The fourth-order valence-corrected chi connectivity index (χ4v) is 2.56. The van der Waals surface area contributed by atoms with Crippen molar-refractivity contribution in [3.8, 4) is 0 Å². The first-order valence-electron chi connectivity index (χ1n) is 5.18. The largest absolute Gasteiger partial charge is 0.398 e. The number of rotatable bonds is 3. The number of hydrogen-bond donors (Lipinski definition) is 2. The van der Waals surface area contributed by atoms with Crippen LogP contribution in [0, 0.1) is 17.5 Å². The molecule has 0 fully saturated rings. The normalized spacial score (nSPS) is 11.3. The van der Waals surface area contributed by atoms with Crippen LogP contribution >= 0.6 is 0 Å². The summed E-state index contributed by atoms with van der Waals surface area (Å²) in [5.74, 6) is -4.71. The van der Waals surface area contributed by atoms with E-state index >= 15 is 0 Å². The molecule has 5 nitrogen and oxygen atoms in total. The van der Waals surface area contributed by atoms with Gasteiger partial charge < -0.3 is 5.73 Å². The number of nitrogens with one attached hydrogen (secondary N) is 1. The smallest absolute Gasteiger partial charge is 0.265 e. The maximum atomic E-state index is 13.0. The van der Waals surface area contributed by atoms with E-state index in [9.17, 15) is 21.6 Å². The van der Waals surface area contributed by atoms with Crippen LogP contribution in [-0.2, 0) is 10.0 Å². The van der Waals surface area contributed by atoms with Crippen LogP contribution in [0.25, 0.3) is 0 Å². The number of nitrogens with two attached hydrogens (primary N) is 1. The Morgan fingerprint density at radius 2 is 1.75 bits per heavy atom. The van der Waals surface area contributed by atoms with Gasteiger partial charge in [0.25, 0.3) is 10.0 Å². The van der Waals surface area contributed by atoms with E-state index in [1.165, 1.54) is 12.3 Å². The number of anilines is 2. The summed E-state index contributed by atoms with van der Waals surface area (Å²) < 4.78 is 64.6. The van der Waals surface area contributed by atoms with Gasteiger partial charge in [-0.3, -0.25) is 9.71 Å². The highest BCUT2D eigenvalue weighted by atomic mass is 32.2. The predicted molar refractivity (Wildman–Crippen MR) is 65.8 cm³/mol. The van der Waals surface area contributed by atoms with E-state index in [1.807, 2.05) is 4.72 Å². The van der Waals surface area contributed by atoms with Gasteiger partial charge in [-0.15, -0.1) is 0 Å². The van der Waals surface area contributed by atoms with Crippen LogP contribution in [0.2, 0.25) is 0 Å². The number of benzene rings is 1. The molecule has 1 aromatic heterocycles. The van der Waals surface area contributed by atoms with Gasteiger partial charge in [0.1, 0.15) is 4.90 Å². The van der Waals surface area contributed by atoms with E-state index in [4.69, 9.17) is 5.73 Å². The lowest BCUT2D eigenvalue weighted by Crippen LogP contribution is -2.15. The van der Waals surface area contributed by atoms with Crippen molar-refractivity contribution in [2.75, 3.05) is 10.5 Å². The average Bonchev–Trinajstić information content (AvgIpc) is 2.35. The summed E-state index contributed by atoms with van der Waals surface area (Å²) in [6.45, 7) is 0. The number of nitrogens with zero attached hydrogens (tertiary/aromatic N) is 1. The highest BCUT2D eigenvalue weighted by Crippen LogP contribution is 2.22. The molecule has 2 rings (SSSR count). The summed E-state index contributed by atoms with van der Waals surface area (Å²) in [6, 6.07) is 2.28.